The largest absolute Gasteiger partial charge is 0.480 e. The highest BCUT2D eigenvalue weighted by atomic mass is 31.2. The van der Waals surface area contributed by atoms with E-state index in [1.165, 1.54) is 19.3 Å². The van der Waals surface area contributed by atoms with Crippen LogP contribution in [0.1, 0.15) is 142 Å². The lowest BCUT2D eigenvalue weighted by Gasteiger charge is -2.18. The van der Waals surface area contributed by atoms with E-state index in [0.717, 1.165) is 83.5 Å². The molecular formula is C42H70NO10P. The lowest BCUT2D eigenvalue weighted by Crippen LogP contribution is -2.43. The summed E-state index contributed by atoms with van der Waals surface area (Å²) in [7, 11) is -4.77. The van der Waals surface area contributed by atoms with Crippen molar-refractivity contribution in [3.05, 3.63) is 72.9 Å². The van der Waals surface area contributed by atoms with Gasteiger partial charge in [-0.05, 0) is 83.5 Å². The number of carboxylic acids is 1. The zero-order valence-corrected chi connectivity index (χ0v) is 33.9. The number of nitrogens with one attached hydrogen (secondary N) is 1. The topological polar surface area (TPSA) is 169 Å². The molecule has 4 N–H and O–H groups in total. The van der Waals surface area contributed by atoms with E-state index in [1.54, 1.807) is 0 Å². The van der Waals surface area contributed by atoms with Crippen LogP contribution >= 0.6 is 7.82 Å². The third-order valence-corrected chi connectivity index (χ3v) is 8.93. The molecule has 0 aromatic heterocycles. The first-order valence-corrected chi connectivity index (χ1v) is 21.5. The van der Waals surface area contributed by atoms with Gasteiger partial charge in [0.05, 0.1) is 13.2 Å². The number of phosphoric acid groups is 1. The molecule has 0 fully saturated rings. The van der Waals surface area contributed by atoms with Crippen LogP contribution in [0.4, 0.5) is 0 Å². The van der Waals surface area contributed by atoms with E-state index < -0.39 is 57.6 Å². The lowest BCUT2D eigenvalue weighted by atomic mass is 10.1. The van der Waals surface area contributed by atoms with Crippen molar-refractivity contribution in [2.75, 3.05) is 19.8 Å². The van der Waals surface area contributed by atoms with Gasteiger partial charge in [-0.1, -0.05) is 119 Å². The van der Waals surface area contributed by atoms with E-state index in [4.69, 9.17) is 13.8 Å². The van der Waals surface area contributed by atoms with Gasteiger partial charge in [0.2, 0.25) is 5.91 Å². The number of esters is 1. The Kier molecular flexibility index (Phi) is 34.8. The third kappa shape index (κ3) is 35.9. The number of ether oxygens (including phenoxy) is 1. The van der Waals surface area contributed by atoms with Gasteiger partial charge in [0.1, 0.15) is 12.7 Å². The zero-order valence-electron chi connectivity index (χ0n) is 33.0. The molecule has 0 aromatic carbocycles. The molecule has 0 aromatic rings. The molecule has 0 saturated carbocycles. The second-order valence-corrected chi connectivity index (χ2v) is 14.5. The third-order valence-electron chi connectivity index (χ3n) is 7.98. The van der Waals surface area contributed by atoms with Crippen LogP contribution in [0.25, 0.3) is 0 Å². The number of hydrogen-bond donors (Lipinski definition) is 4. The molecular weight excluding hydrogens is 709 g/mol. The molecule has 0 aliphatic heterocycles. The van der Waals surface area contributed by atoms with Crippen molar-refractivity contribution in [1.29, 1.82) is 0 Å². The predicted molar refractivity (Wildman–Crippen MR) is 217 cm³/mol. The van der Waals surface area contributed by atoms with E-state index in [-0.39, 0.29) is 12.8 Å². The number of amides is 1. The van der Waals surface area contributed by atoms with Crippen LogP contribution in [-0.4, -0.2) is 64.9 Å². The minimum absolute atomic E-state index is 0.0884. The van der Waals surface area contributed by atoms with Crippen LogP contribution in [0.15, 0.2) is 72.9 Å². The molecule has 54 heavy (non-hydrogen) atoms. The number of allylic oxidation sites excluding steroid dienone is 12. The Hall–Kier alpha value is -3.08. The summed E-state index contributed by atoms with van der Waals surface area (Å²) in [5.41, 5.74) is 0. The van der Waals surface area contributed by atoms with E-state index in [9.17, 15) is 34.1 Å². The molecule has 0 aliphatic carbocycles. The fourth-order valence-corrected chi connectivity index (χ4v) is 5.64. The molecule has 0 radical (unpaired) electrons. The van der Waals surface area contributed by atoms with Crippen LogP contribution in [0.2, 0.25) is 0 Å². The molecule has 0 rings (SSSR count). The number of hydrogen-bond acceptors (Lipinski definition) is 8. The van der Waals surface area contributed by atoms with Crippen molar-refractivity contribution in [2.45, 2.75) is 154 Å². The minimum atomic E-state index is -4.77. The fraction of sp³-hybridized carbons (Fsp3) is 0.643. The molecule has 0 heterocycles. The number of aliphatic hydroxyl groups excluding tert-OH is 1. The highest BCUT2D eigenvalue weighted by molar-refractivity contribution is 7.47. The van der Waals surface area contributed by atoms with Crippen LogP contribution in [0, 0.1) is 0 Å². The summed E-state index contributed by atoms with van der Waals surface area (Å²) in [4.78, 5) is 45.8. The number of phosphoric ester groups is 1. The molecule has 0 aliphatic rings. The number of carbonyl (C=O) groups is 3. The summed E-state index contributed by atoms with van der Waals surface area (Å²) in [6.45, 7) is 2.37. The van der Waals surface area contributed by atoms with Crippen molar-refractivity contribution in [3.63, 3.8) is 0 Å². The standard InChI is InChI=1S/C42H70NO10P/c1-3-5-7-9-11-13-15-17-19-21-23-25-27-29-31-33-40(45)43-39(42(47)48)37-53-54(49,50)52-36-38(44)35-51-41(46)34-32-30-28-26-24-22-20-18-16-14-12-10-8-6-4-2/h5,7,11-14,17-20,23,25,38-39,44H,3-4,6,8-10,15-16,21-22,24,26-37H2,1-2H3,(H,43,45)(H,47,48)(H,49,50)/b7-5-,13-11-,14-12-,19-17-,20-18-,25-23-. The zero-order chi connectivity index (χ0) is 40.0. The van der Waals surface area contributed by atoms with Gasteiger partial charge in [0.15, 0.2) is 6.04 Å². The van der Waals surface area contributed by atoms with Gasteiger partial charge in [-0.15, -0.1) is 0 Å². The van der Waals surface area contributed by atoms with Crippen molar-refractivity contribution < 1.29 is 47.8 Å². The summed E-state index contributed by atoms with van der Waals surface area (Å²) in [6, 6.07) is -1.57. The van der Waals surface area contributed by atoms with Gasteiger partial charge in [-0.2, -0.15) is 0 Å². The van der Waals surface area contributed by atoms with Gasteiger partial charge < -0.3 is 25.2 Å². The number of aliphatic hydroxyl groups is 1. The number of carbonyl (C=O) groups excluding carboxylic acids is 2. The summed E-state index contributed by atoms with van der Waals surface area (Å²) < 4.78 is 26.7. The first-order chi connectivity index (χ1) is 26.1. The summed E-state index contributed by atoms with van der Waals surface area (Å²) in [5, 5.41) is 21.7. The maximum atomic E-state index is 12.3. The van der Waals surface area contributed by atoms with Gasteiger partial charge in [0.25, 0.3) is 0 Å². The SMILES string of the molecule is CC/C=C\C/C=C\C/C=C\C/C=C\CCCCC(=O)NC(COP(=O)(O)OCC(O)COC(=O)CCCCCCC/C=C\C/C=C\CCCCC)C(=O)O. The molecule has 3 atom stereocenters. The Morgan fingerprint density at radius 3 is 1.63 bits per heavy atom. The van der Waals surface area contributed by atoms with Crippen LogP contribution in [0.3, 0.4) is 0 Å². The van der Waals surface area contributed by atoms with Crippen LogP contribution in [0.5, 0.6) is 0 Å². The van der Waals surface area contributed by atoms with Crippen LogP contribution in [-0.2, 0) is 32.7 Å². The fourth-order valence-electron chi connectivity index (χ4n) is 4.86. The number of aliphatic carboxylic acids is 1. The number of rotatable bonds is 36. The minimum Gasteiger partial charge on any atom is -0.480 e. The van der Waals surface area contributed by atoms with Gasteiger partial charge in [0, 0.05) is 12.8 Å². The monoisotopic (exact) mass is 779 g/mol. The van der Waals surface area contributed by atoms with Crippen molar-refractivity contribution in [1.82, 2.24) is 5.32 Å². The second-order valence-electron chi connectivity index (χ2n) is 13.1. The second kappa shape index (κ2) is 36.9. The Morgan fingerprint density at radius 1 is 0.611 bits per heavy atom. The maximum absolute atomic E-state index is 12.3. The molecule has 3 unspecified atom stereocenters. The van der Waals surface area contributed by atoms with Crippen LogP contribution < -0.4 is 5.32 Å². The Bertz CT molecular complexity index is 1190. The highest BCUT2D eigenvalue weighted by Gasteiger charge is 2.28. The molecule has 308 valence electrons. The average molecular weight is 780 g/mol. The Labute approximate surface area is 325 Å². The summed E-state index contributed by atoms with van der Waals surface area (Å²) in [6.07, 6.45) is 42.2. The van der Waals surface area contributed by atoms with E-state index in [0.29, 0.717) is 12.8 Å². The van der Waals surface area contributed by atoms with E-state index >= 15 is 0 Å². The quantitative estimate of drug-likeness (QED) is 0.0208. The molecule has 0 saturated heterocycles. The molecule has 1 amide bonds. The van der Waals surface area contributed by atoms with Gasteiger partial charge >= 0.3 is 19.8 Å². The van der Waals surface area contributed by atoms with Crippen molar-refractivity contribution in [3.8, 4) is 0 Å². The summed E-state index contributed by atoms with van der Waals surface area (Å²) in [5.74, 6) is -2.46. The first kappa shape index (κ1) is 50.9. The lowest BCUT2D eigenvalue weighted by molar-refractivity contribution is -0.147. The molecule has 0 spiro atoms. The molecule has 11 nitrogen and oxygen atoms in total. The predicted octanol–water partition coefficient (Wildman–Crippen LogP) is 9.77. The Balaban J connectivity index is 4.04. The number of unbranched alkanes of at least 4 members (excludes halogenated alkanes) is 10. The maximum Gasteiger partial charge on any atom is 0.472 e. The molecule has 0 bridgehead atoms. The smallest absolute Gasteiger partial charge is 0.472 e. The number of carboxylic acid groups (broad SMARTS) is 1. The highest BCUT2D eigenvalue weighted by Crippen LogP contribution is 2.43. The summed E-state index contributed by atoms with van der Waals surface area (Å²) >= 11 is 0. The Morgan fingerprint density at radius 2 is 1.07 bits per heavy atom. The van der Waals surface area contributed by atoms with Crippen molar-refractivity contribution >= 4 is 25.7 Å². The molecule has 12 heteroatoms. The van der Waals surface area contributed by atoms with Gasteiger partial charge in [-0.3, -0.25) is 18.6 Å². The van der Waals surface area contributed by atoms with E-state index in [2.05, 4.69) is 86.0 Å². The first-order valence-electron chi connectivity index (χ1n) is 20.0. The average Bonchev–Trinajstić information content (AvgIpc) is 3.14. The van der Waals surface area contributed by atoms with E-state index in [1.807, 2.05) is 6.08 Å². The van der Waals surface area contributed by atoms with Crippen molar-refractivity contribution in [2.24, 2.45) is 0 Å². The normalized spacial score (nSPS) is 14.6. The van der Waals surface area contributed by atoms with Gasteiger partial charge in [-0.25, -0.2) is 9.36 Å².